The van der Waals surface area contributed by atoms with Crippen LogP contribution in [0.2, 0.25) is 0 Å². The lowest BCUT2D eigenvalue weighted by molar-refractivity contribution is -0.00491. The Morgan fingerprint density at radius 3 is 1.69 bits per heavy atom. The van der Waals surface area contributed by atoms with E-state index in [1.165, 1.54) is 154 Å². The van der Waals surface area contributed by atoms with Gasteiger partial charge in [-0.15, -0.1) is 0 Å². The van der Waals surface area contributed by atoms with Crippen molar-refractivity contribution in [1.82, 2.24) is 0 Å². The first-order valence-electron chi connectivity index (χ1n) is 24.3. The van der Waals surface area contributed by atoms with Crippen molar-refractivity contribution in [2.45, 2.75) is 75.0 Å². The summed E-state index contributed by atoms with van der Waals surface area (Å²) < 4.78 is 0. The van der Waals surface area contributed by atoms with Gasteiger partial charge in [0.15, 0.2) is 0 Å². The van der Waals surface area contributed by atoms with Crippen LogP contribution in [-0.2, 0) is 23.7 Å². The molecule has 1 nitrogen and oxygen atoms in total. The summed E-state index contributed by atoms with van der Waals surface area (Å²) in [6, 6.07) is 70.5. The maximum Gasteiger partial charge on any atom is 0.0726 e. The average molecular weight is 824 g/mol. The van der Waals surface area contributed by atoms with E-state index in [1.54, 1.807) is 11.1 Å². The van der Waals surface area contributed by atoms with E-state index >= 15 is 0 Å². The molecule has 0 saturated heterocycles. The fourth-order valence-electron chi connectivity index (χ4n) is 15.0. The van der Waals surface area contributed by atoms with Crippen LogP contribution >= 0.6 is 0 Å². The molecule has 0 heterocycles. The van der Waals surface area contributed by atoms with Crippen LogP contribution in [0.3, 0.4) is 0 Å². The second kappa shape index (κ2) is 14.0. The van der Waals surface area contributed by atoms with Crippen LogP contribution in [0.4, 0.5) is 17.1 Å². The van der Waals surface area contributed by atoms with Crippen molar-refractivity contribution < 1.29 is 0 Å². The third-order valence-corrected chi connectivity index (χ3v) is 17.0. The molecule has 8 aromatic rings. The molecule has 310 valence electrons. The van der Waals surface area contributed by atoms with Crippen LogP contribution in [0.15, 0.2) is 182 Å². The van der Waals surface area contributed by atoms with Crippen molar-refractivity contribution in [3.63, 3.8) is 0 Å². The van der Waals surface area contributed by atoms with Gasteiger partial charge in [0.25, 0.3) is 0 Å². The lowest BCUT2D eigenvalue weighted by Gasteiger charge is -2.57. The summed E-state index contributed by atoms with van der Waals surface area (Å²) in [5, 5.41) is 0. The van der Waals surface area contributed by atoms with Crippen molar-refractivity contribution in [2.75, 3.05) is 4.90 Å². The number of anilines is 3. The minimum Gasteiger partial charge on any atom is -0.310 e. The molecule has 0 N–H and O–H groups in total. The smallest absolute Gasteiger partial charge is 0.0726 e. The second-order valence-electron chi connectivity index (χ2n) is 20.4. The Labute approximate surface area is 378 Å². The van der Waals surface area contributed by atoms with E-state index in [4.69, 9.17) is 0 Å². The van der Waals surface area contributed by atoms with E-state index in [1.807, 2.05) is 0 Å². The van der Waals surface area contributed by atoms with Gasteiger partial charge in [0, 0.05) is 17.1 Å². The summed E-state index contributed by atoms with van der Waals surface area (Å²) in [7, 11) is 0. The molecule has 0 radical (unpaired) electrons. The molecule has 7 aliphatic carbocycles. The van der Waals surface area contributed by atoms with E-state index < -0.39 is 5.41 Å². The highest BCUT2D eigenvalue weighted by atomic mass is 15.1. The number of aryl methyl sites for hydroxylation is 1. The van der Waals surface area contributed by atoms with Gasteiger partial charge < -0.3 is 4.90 Å². The number of hydrogen-bond donors (Lipinski definition) is 0. The number of hydrogen-bond acceptors (Lipinski definition) is 1. The van der Waals surface area contributed by atoms with Gasteiger partial charge in [0.05, 0.1) is 5.41 Å². The standard InChI is InChI=1S/C63H53N/c1-2-14-45(15-3-1)51-22-13-26-58-61(51)54-33-32-48(37-59(54)63(58)55-23-8-6-19-52(55)53-20-7-9-24-56(53)63)64(47-30-28-46(29-31-47)50-21-12-17-44-16-4-5-18-49(44)50)60-27-11-10-25-57(60)62-38-41-34-42(39-62)36-43(35-41)40-62/h1-3,6-15,17,19-33,37,41-43H,4-5,16,18,34-36,38-40H2. The topological polar surface area (TPSA) is 3.24 Å². The van der Waals surface area contributed by atoms with Gasteiger partial charge in [-0.25, -0.2) is 0 Å². The first-order chi connectivity index (χ1) is 31.7. The number of para-hydroxylation sites is 1. The number of nitrogens with zero attached hydrogens (tertiary/aromatic N) is 1. The first-order valence-corrected chi connectivity index (χ1v) is 24.3. The van der Waals surface area contributed by atoms with Crippen LogP contribution in [0, 0.1) is 17.8 Å². The van der Waals surface area contributed by atoms with Crippen molar-refractivity contribution in [3.05, 3.63) is 221 Å². The summed E-state index contributed by atoms with van der Waals surface area (Å²) in [6.07, 6.45) is 13.3. The Morgan fingerprint density at radius 2 is 0.953 bits per heavy atom. The maximum absolute atomic E-state index is 2.67. The van der Waals surface area contributed by atoms with Crippen LogP contribution in [0.5, 0.6) is 0 Å². The molecule has 4 fully saturated rings. The van der Waals surface area contributed by atoms with Gasteiger partial charge in [0.2, 0.25) is 0 Å². The molecule has 4 saturated carbocycles. The van der Waals surface area contributed by atoms with Gasteiger partial charge in [-0.2, -0.15) is 0 Å². The fourth-order valence-corrected chi connectivity index (χ4v) is 15.0. The molecule has 1 heteroatoms. The lowest BCUT2D eigenvalue weighted by atomic mass is 9.48. The van der Waals surface area contributed by atoms with Crippen LogP contribution < -0.4 is 4.90 Å². The summed E-state index contributed by atoms with van der Waals surface area (Å²) in [4.78, 5) is 2.67. The molecule has 64 heavy (non-hydrogen) atoms. The third-order valence-electron chi connectivity index (χ3n) is 17.0. The Balaban J connectivity index is 1.01. The highest BCUT2D eigenvalue weighted by Gasteiger charge is 2.54. The predicted octanol–water partition coefficient (Wildman–Crippen LogP) is 16.2. The Bertz CT molecular complexity index is 3070. The van der Waals surface area contributed by atoms with Crippen LogP contribution in [0.1, 0.15) is 90.3 Å². The summed E-state index contributed by atoms with van der Waals surface area (Å²) in [6.45, 7) is 0. The van der Waals surface area contributed by atoms with Gasteiger partial charge in [-0.1, -0.05) is 152 Å². The van der Waals surface area contributed by atoms with Gasteiger partial charge >= 0.3 is 0 Å². The van der Waals surface area contributed by atoms with E-state index in [2.05, 4.69) is 187 Å². The molecule has 0 amide bonds. The Hall–Kier alpha value is -6.44. The van der Waals surface area contributed by atoms with E-state index in [0.29, 0.717) is 0 Å². The zero-order chi connectivity index (χ0) is 42.0. The minimum absolute atomic E-state index is 0.231. The molecule has 0 aromatic heterocycles. The Kier molecular flexibility index (Phi) is 8.11. The van der Waals surface area contributed by atoms with Crippen molar-refractivity contribution >= 4 is 17.1 Å². The van der Waals surface area contributed by atoms with E-state index in [-0.39, 0.29) is 5.41 Å². The highest BCUT2D eigenvalue weighted by molar-refractivity contribution is 6.01. The minimum atomic E-state index is -0.458. The van der Waals surface area contributed by atoms with Crippen molar-refractivity contribution in [1.29, 1.82) is 0 Å². The normalized spacial score (nSPS) is 22.4. The van der Waals surface area contributed by atoms with E-state index in [0.717, 1.165) is 17.8 Å². The van der Waals surface area contributed by atoms with Gasteiger partial charge in [0.1, 0.15) is 0 Å². The van der Waals surface area contributed by atoms with Crippen LogP contribution in [0.25, 0.3) is 44.5 Å². The third kappa shape index (κ3) is 5.25. The molecule has 0 unspecified atom stereocenters. The number of fused-ring (bicyclic) bond motifs is 11. The summed E-state index contributed by atoms with van der Waals surface area (Å²) in [5.41, 5.74) is 24.5. The molecule has 15 rings (SSSR count). The molecule has 4 bridgehead atoms. The average Bonchev–Trinajstić information content (AvgIpc) is 3.81. The lowest BCUT2D eigenvalue weighted by Crippen LogP contribution is -2.48. The highest BCUT2D eigenvalue weighted by Crippen LogP contribution is 2.66. The first kappa shape index (κ1) is 37.0. The quantitative estimate of drug-likeness (QED) is 0.161. The Morgan fingerprint density at radius 1 is 0.391 bits per heavy atom. The molecule has 0 aliphatic heterocycles. The van der Waals surface area contributed by atoms with Crippen molar-refractivity contribution in [2.24, 2.45) is 17.8 Å². The zero-order valence-electron chi connectivity index (χ0n) is 36.6. The van der Waals surface area contributed by atoms with Crippen LogP contribution in [-0.4, -0.2) is 0 Å². The SMILES string of the molecule is c1ccc(-c2cccc3c2-c2ccc(N(c4ccc(-c5cccc6c5CCCC6)cc4)c4ccccc4C45CC6CC(CC(C6)C4)C5)cc2C32c3ccccc3-c3ccccc32)cc1. The summed E-state index contributed by atoms with van der Waals surface area (Å²) in [5.74, 6) is 2.59. The molecule has 7 aliphatic rings. The zero-order valence-corrected chi connectivity index (χ0v) is 36.6. The van der Waals surface area contributed by atoms with E-state index in [9.17, 15) is 0 Å². The number of benzene rings is 8. The number of rotatable bonds is 6. The van der Waals surface area contributed by atoms with Gasteiger partial charge in [-0.05, 0) is 201 Å². The largest absolute Gasteiger partial charge is 0.310 e. The predicted molar refractivity (Wildman–Crippen MR) is 265 cm³/mol. The molecular formula is C63H53N. The maximum atomic E-state index is 2.67. The molecule has 8 aromatic carbocycles. The summed E-state index contributed by atoms with van der Waals surface area (Å²) >= 11 is 0. The molecule has 1 spiro atoms. The molecular weight excluding hydrogens is 771 g/mol. The monoisotopic (exact) mass is 823 g/mol. The second-order valence-corrected chi connectivity index (χ2v) is 20.4. The van der Waals surface area contributed by atoms with Crippen molar-refractivity contribution in [3.8, 4) is 44.5 Å². The molecule has 0 atom stereocenters. The fraction of sp³-hybridized carbons (Fsp3) is 0.238. The van der Waals surface area contributed by atoms with Gasteiger partial charge in [-0.3, -0.25) is 0 Å².